The van der Waals surface area contributed by atoms with Gasteiger partial charge in [0.25, 0.3) is 5.79 Å². The van der Waals surface area contributed by atoms with E-state index in [0.29, 0.717) is 30.6 Å². The van der Waals surface area contributed by atoms with Gasteiger partial charge in [-0.05, 0) is 67.4 Å². The Labute approximate surface area is 193 Å². The number of aliphatic hydroxyl groups excluding tert-OH is 1. The number of alkyl halides is 1. The number of hydrogen-bond acceptors (Lipinski definition) is 5. The number of epoxide rings is 1. The summed E-state index contributed by atoms with van der Waals surface area (Å²) >= 11 is 0. The van der Waals surface area contributed by atoms with Gasteiger partial charge in [0.2, 0.25) is 0 Å². The van der Waals surface area contributed by atoms with Crippen molar-refractivity contribution in [1.29, 1.82) is 0 Å². The summed E-state index contributed by atoms with van der Waals surface area (Å²) in [6.45, 7) is 4.25. The van der Waals surface area contributed by atoms with E-state index < -0.39 is 34.5 Å². The van der Waals surface area contributed by atoms with Crippen LogP contribution in [0.4, 0.5) is 4.39 Å². The maximum Gasteiger partial charge on any atom is 0.264 e. The van der Waals surface area contributed by atoms with E-state index in [2.05, 4.69) is 0 Å². The average molecular weight is 455 g/mol. The van der Waals surface area contributed by atoms with Gasteiger partial charge in [-0.3, -0.25) is 4.79 Å². The number of carbonyl (C=O) groups excluding carboxylic acids is 1. The fourth-order valence-corrected chi connectivity index (χ4v) is 8.09. The molecule has 1 aromatic rings. The number of carbonyl (C=O) groups is 1. The lowest BCUT2D eigenvalue weighted by Gasteiger charge is -2.60. The molecule has 1 saturated heterocycles. The minimum atomic E-state index is -1.30. The summed E-state index contributed by atoms with van der Waals surface area (Å²) < 4.78 is 27.6. The highest BCUT2D eigenvalue weighted by Crippen LogP contribution is 2.70. The van der Waals surface area contributed by atoms with Crippen LogP contribution in [0.25, 0.3) is 0 Å². The number of ketones is 1. The van der Waals surface area contributed by atoms with Crippen molar-refractivity contribution >= 4 is 5.78 Å². The van der Waals surface area contributed by atoms with Crippen molar-refractivity contribution in [2.45, 2.75) is 63.2 Å². The fourth-order valence-electron chi connectivity index (χ4n) is 8.09. The molecule has 2 N–H and O–H groups in total. The first-order valence-electron chi connectivity index (χ1n) is 12.0. The van der Waals surface area contributed by atoms with E-state index in [1.807, 2.05) is 44.2 Å². The Morgan fingerprint density at radius 1 is 1.21 bits per heavy atom. The lowest BCUT2D eigenvalue weighted by molar-refractivity contribution is -0.225. The highest BCUT2D eigenvalue weighted by atomic mass is 19.1. The van der Waals surface area contributed by atoms with Crippen molar-refractivity contribution in [1.82, 2.24) is 0 Å². The molecular formula is C27H31FO5. The third-order valence-electron chi connectivity index (χ3n) is 9.69. The smallest absolute Gasteiger partial charge is 0.264 e. The number of hydrogen-bond donors (Lipinski definition) is 2. The standard InChI is InChI=1S/C27H31FO5/c1-24-10-8-16(29)12-20(24)21(28)13-18-19-9-11-26(31,25(19,2)14-22(30)23(18)24)27(15-32-27)33-17-6-4-3-5-7-17/h3-8,10,12,18-19,21-23,30-31H,9,11,13-15H2,1-2H3/t18-,19-,21-,22-,23+,24-,25-,26+,27+/m0/s1. The second-order valence-electron chi connectivity index (χ2n) is 11.2. The Bertz CT molecular complexity index is 1050. The van der Waals surface area contributed by atoms with Crippen LogP contribution in [0.3, 0.4) is 0 Å². The monoisotopic (exact) mass is 454 g/mol. The molecule has 6 heteroatoms. The van der Waals surface area contributed by atoms with Gasteiger partial charge in [0.1, 0.15) is 24.1 Å². The predicted octanol–water partition coefficient (Wildman–Crippen LogP) is 3.75. The SMILES string of the molecule is C[C@]12C=CC(=O)C=C1[C@@H](F)C[C@@H]1[C@@H]2[C@@H](O)C[C@@]2(C)[C@H]1CC[C@]2(O)[C@]1(Oc2ccccc2)CO1. The van der Waals surface area contributed by atoms with Crippen LogP contribution >= 0.6 is 0 Å². The molecule has 0 spiro atoms. The molecule has 0 radical (unpaired) electrons. The quantitative estimate of drug-likeness (QED) is 0.680. The van der Waals surface area contributed by atoms with Gasteiger partial charge in [-0.1, -0.05) is 38.1 Å². The van der Waals surface area contributed by atoms with Gasteiger partial charge in [-0.2, -0.15) is 0 Å². The zero-order chi connectivity index (χ0) is 23.2. The first-order valence-corrected chi connectivity index (χ1v) is 12.0. The van der Waals surface area contributed by atoms with Gasteiger partial charge in [-0.15, -0.1) is 0 Å². The van der Waals surface area contributed by atoms with Crippen LogP contribution in [0, 0.1) is 28.6 Å². The number of rotatable bonds is 3. The van der Waals surface area contributed by atoms with E-state index in [4.69, 9.17) is 9.47 Å². The molecule has 1 aromatic carbocycles. The van der Waals surface area contributed by atoms with E-state index in [1.165, 1.54) is 12.2 Å². The molecule has 1 aliphatic heterocycles. The number of fused-ring (bicyclic) bond motifs is 5. The van der Waals surface area contributed by atoms with Gasteiger partial charge in [-0.25, -0.2) is 4.39 Å². The largest absolute Gasteiger partial charge is 0.457 e. The fraction of sp³-hybridized carbons (Fsp3) is 0.593. The maximum absolute atomic E-state index is 15.5. The molecule has 9 atom stereocenters. The summed E-state index contributed by atoms with van der Waals surface area (Å²) in [6.07, 6.45) is 4.57. The topological polar surface area (TPSA) is 79.3 Å². The van der Waals surface area contributed by atoms with Crippen molar-refractivity contribution < 1.29 is 28.9 Å². The van der Waals surface area contributed by atoms with Gasteiger partial charge in [0.15, 0.2) is 5.78 Å². The van der Waals surface area contributed by atoms with Crippen molar-refractivity contribution in [3.05, 3.63) is 54.1 Å². The lowest BCUT2D eigenvalue weighted by atomic mass is 9.45. The third-order valence-corrected chi connectivity index (χ3v) is 9.69. The number of para-hydroxylation sites is 1. The predicted molar refractivity (Wildman–Crippen MR) is 119 cm³/mol. The van der Waals surface area contributed by atoms with Crippen molar-refractivity contribution in [3.8, 4) is 5.75 Å². The van der Waals surface area contributed by atoms with Gasteiger partial charge in [0, 0.05) is 16.7 Å². The molecule has 33 heavy (non-hydrogen) atoms. The van der Waals surface area contributed by atoms with E-state index in [-0.39, 0.29) is 36.6 Å². The number of benzene rings is 1. The summed E-state index contributed by atoms with van der Waals surface area (Å²) in [4.78, 5) is 12.0. The molecule has 0 bridgehead atoms. The average Bonchev–Trinajstić information content (AvgIpc) is 3.50. The molecule has 4 fully saturated rings. The van der Waals surface area contributed by atoms with Crippen LogP contribution in [0.5, 0.6) is 5.75 Å². The molecule has 0 amide bonds. The zero-order valence-corrected chi connectivity index (χ0v) is 19.0. The maximum atomic E-state index is 15.5. The van der Waals surface area contributed by atoms with E-state index in [9.17, 15) is 15.0 Å². The van der Waals surface area contributed by atoms with Crippen molar-refractivity contribution in [3.63, 3.8) is 0 Å². The molecule has 4 aliphatic carbocycles. The zero-order valence-electron chi connectivity index (χ0n) is 19.0. The Morgan fingerprint density at radius 3 is 2.64 bits per heavy atom. The van der Waals surface area contributed by atoms with Crippen LogP contribution in [-0.2, 0) is 9.53 Å². The summed E-state index contributed by atoms with van der Waals surface area (Å²) in [5.41, 5.74) is -2.20. The molecular weight excluding hydrogens is 423 g/mol. The third kappa shape index (κ3) is 2.71. The van der Waals surface area contributed by atoms with Crippen LogP contribution < -0.4 is 4.74 Å². The second kappa shape index (κ2) is 6.77. The molecule has 3 saturated carbocycles. The molecule has 176 valence electrons. The first kappa shape index (κ1) is 21.5. The van der Waals surface area contributed by atoms with Gasteiger partial charge >= 0.3 is 0 Å². The summed E-state index contributed by atoms with van der Waals surface area (Å²) in [6, 6.07) is 9.34. The molecule has 0 aromatic heterocycles. The van der Waals surface area contributed by atoms with Crippen molar-refractivity contribution in [2.24, 2.45) is 28.6 Å². The molecule has 1 heterocycles. The summed E-state index contributed by atoms with van der Waals surface area (Å²) in [5, 5.41) is 23.7. The Balaban J connectivity index is 1.37. The molecule has 6 rings (SSSR count). The van der Waals surface area contributed by atoms with Crippen LogP contribution in [0.2, 0.25) is 0 Å². The van der Waals surface area contributed by atoms with Gasteiger partial charge < -0.3 is 19.7 Å². The summed E-state index contributed by atoms with van der Waals surface area (Å²) in [7, 11) is 0. The summed E-state index contributed by atoms with van der Waals surface area (Å²) in [5.74, 6) is -1.02. The van der Waals surface area contributed by atoms with Gasteiger partial charge in [0.05, 0.1) is 6.10 Å². The minimum absolute atomic E-state index is 0.0130. The molecule has 5 nitrogen and oxygen atoms in total. The molecule has 0 unspecified atom stereocenters. The number of aliphatic hydroxyl groups is 2. The van der Waals surface area contributed by atoms with Crippen molar-refractivity contribution in [2.75, 3.05) is 6.61 Å². The number of halogens is 1. The highest BCUT2D eigenvalue weighted by Gasteiger charge is 2.77. The number of allylic oxidation sites excluding steroid dienone is 4. The lowest BCUT2D eigenvalue weighted by Crippen LogP contribution is -2.65. The Hall–Kier alpha value is -2.02. The van der Waals surface area contributed by atoms with Crippen LogP contribution in [0.15, 0.2) is 54.1 Å². The van der Waals surface area contributed by atoms with E-state index in [0.717, 1.165) is 0 Å². The van der Waals surface area contributed by atoms with E-state index in [1.54, 1.807) is 6.08 Å². The number of ether oxygens (including phenoxy) is 2. The highest BCUT2D eigenvalue weighted by molar-refractivity contribution is 6.01. The van der Waals surface area contributed by atoms with Crippen LogP contribution in [0.1, 0.15) is 39.5 Å². The molecule has 5 aliphatic rings. The Morgan fingerprint density at radius 2 is 1.94 bits per heavy atom. The Kier molecular flexibility index (Phi) is 4.41. The first-order chi connectivity index (χ1) is 15.6. The van der Waals surface area contributed by atoms with Crippen LogP contribution in [-0.4, -0.2) is 46.3 Å². The normalized spacial score (nSPS) is 50.2. The van der Waals surface area contributed by atoms with E-state index >= 15 is 4.39 Å². The second-order valence-corrected chi connectivity index (χ2v) is 11.2. The minimum Gasteiger partial charge on any atom is -0.457 e.